The number of piperidine rings is 1. The van der Waals surface area contributed by atoms with Crippen molar-refractivity contribution in [1.82, 2.24) is 14.5 Å². The molecule has 6 nitrogen and oxygen atoms in total. The third kappa shape index (κ3) is 7.87. The summed E-state index contributed by atoms with van der Waals surface area (Å²) in [6.45, 7) is 7.11. The highest BCUT2D eigenvalue weighted by molar-refractivity contribution is 14.0. The maximum absolute atomic E-state index is 11.7. The lowest BCUT2D eigenvalue weighted by atomic mass is 9.98. The van der Waals surface area contributed by atoms with E-state index in [2.05, 4.69) is 47.5 Å². The van der Waals surface area contributed by atoms with Crippen LogP contribution in [0.3, 0.4) is 0 Å². The molecule has 1 atom stereocenters. The molecule has 0 radical (unpaired) electrons. The topological polar surface area (TPSA) is 65.0 Å². The predicted octanol–water partition coefficient (Wildman–Crippen LogP) is 3.36. The Labute approximate surface area is 203 Å². The molecule has 0 aromatic heterocycles. The van der Waals surface area contributed by atoms with Crippen LogP contribution >= 0.6 is 35.7 Å². The minimum atomic E-state index is -3.06. The number of rotatable bonds is 7. The summed E-state index contributed by atoms with van der Waals surface area (Å²) >= 11 is 1.94. The molecule has 0 bridgehead atoms. The number of aliphatic imine (C=N–C) groups is 1. The molecule has 0 amide bonds. The van der Waals surface area contributed by atoms with Crippen molar-refractivity contribution in [1.29, 1.82) is 0 Å². The maximum Gasteiger partial charge on any atom is 0.211 e. The third-order valence-corrected chi connectivity index (χ3v) is 8.24. The number of sulfonamides is 1. The number of guanidine groups is 1. The summed E-state index contributed by atoms with van der Waals surface area (Å²) < 4.78 is 24.9. The van der Waals surface area contributed by atoms with Crippen LogP contribution in [0.1, 0.15) is 26.2 Å². The Morgan fingerprint density at radius 2 is 1.80 bits per heavy atom. The molecule has 170 valence electrons. The Morgan fingerprint density at radius 3 is 2.43 bits per heavy atom. The fourth-order valence-electron chi connectivity index (χ4n) is 3.96. The summed E-state index contributed by atoms with van der Waals surface area (Å²) in [6, 6.07) is 10.6. The molecular weight excluding hydrogens is 531 g/mol. The van der Waals surface area contributed by atoms with Gasteiger partial charge in [0.15, 0.2) is 5.96 Å². The molecule has 9 heteroatoms. The van der Waals surface area contributed by atoms with Gasteiger partial charge >= 0.3 is 0 Å². The van der Waals surface area contributed by atoms with Gasteiger partial charge in [0.25, 0.3) is 0 Å². The Bertz CT molecular complexity index is 768. The van der Waals surface area contributed by atoms with E-state index in [1.807, 2.05) is 11.8 Å². The zero-order valence-electron chi connectivity index (χ0n) is 18.0. The SMILES string of the molecule is CCNC(=NCC1CCN(S(C)(=O)=O)CC1)N1CCC(CSc2ccccc2)C1.I. The Kier molecular flexibility index (Phi) is 10.7. The van der Waals surface area contributed by atoms with E-state index in [1.165, 1.54) is 17.6 Å². The van der Waals surface area contributed by atoms with Gasteiger partial charge in [-0.2, -0.15) is 0 Å². The zero-order valence-corrected chi connectivity index (χ0v) is 22.0. The van der Waals surface area contributed by atoms with Crippen LogP contribution in [0, 0.1) is 11.8 Å². The lowest BCUT2D eigenvalue weighted by Gasteiger charge is -2.30. The summed E-state index contributed by atoms with van der Waals surface area (Å²) in [4.78, 5) is 8.65. The van der Waals surface area contributed by atoms with Crippen molar-refractivity contribution in [3.8, 4) is 0 Å². The summed E-state index contributed by atoms with van der Waals surface area (Å²) in [5, 5.41) is 3.45. The van der Waals surface area contributed by atoms with Crippen LogP contribution < -0.4 is 5.32 Å². The number of thioether (sulfide) groups is 1. The molecule has 30 heavy (non-hydrogen) atoms. The van der Waals surface area contributed by atoms with E-state index < -0.39 is 10.0 Å². The second-order valence-corrected chi connectivity index (χ2v) is 11.1. The van der Waals surface area contributed by atoms with Crippen molar-refractivity contribution in [3.05, 3.63) is 30.3 Å². The molecule has 1 aromatic rings. The lowest BCUT2D eigenvalue weighted by Crippen LogP contribution is -2.41. The van der Waals surface area contributed by atoms with Gasteiger partial charge in [0, 0.05) is 49.9 Å². The number of benzene rings is 1. The second-order valence-electron chi connectivity index (χ2n) is 8.02. The van der Waals surface area contributed by atoms with Crippen molar-refractivity contribution in [2.45, 2.75) is 31.1 Å². The van der Waals surface area contributed by atoms with Crippen LogP contribution in [-0.4, -0.2) is 74.9 Å². The molecule has 0 saturated carbocycles. The van der Waals surface area contributed by atoms with Gasteiger partial charge < -0.3 is 10.2 Å². The Morgan fingerprint density at radius 1 is 1.13 bits per heavy atom. The van der Waals surface area contributed by atoms with Crippen LogP contribution in [0.15, 0.2) is 40.2 Å². The highest BCUT2D eigenvalue weighted by Crippen LogP contribution is 2.26. The first-order chi connectivity index (χ1) is 14.0. The molecule has 2 aliphatic rings. The number of nitrogens with zero attached hydrogens (tertiary/aromatic N) is 3. The number of likely N-dealkylation sites (tertiary alicyclic amines) is 1. The van der Waals surface area contributed by atoms with Gasteiger partial charge in [-0.3, -0.25) is 4.99 Å². The standard InChI is InChI=1S/C21H34N4O2S2.HI/c1-3-22-21(23-15-18-10-13-25(14-11-18)29(2,26)27)24-12-9-19(16-24)17-28-20-7-5-4-6-8-20;/h4-8,18-19H,3,9-17H2,1-2H3,(H,22,23);1H. The van der Waals surface area contributed by atoms with Gasteiger partial charge in [-0.15, -0.1) is 35.7 Å². The molecule has 2 saturated heterocycles. The minimum Gasteiger partial charge on any atom is -0.357 e. The molecule has 1 aromatic carbocycles. The van der Waals surface area contributed by atoms with E-state index in [0.717, 1.165) is 50.7 Å². The van der Waals surface area contributed by atoms with E-state index in [4.69, 9.17) is 4.99 Å². The molecule has 0 aliphatic carbocycles. The van der Waals surface area contributed by atoms with E-state index in [0.29, 0.717) is 24.9 Å². The molecule has 1 unspecified atom stereocenters. The monoisotopic (exact) mass is 566 g/mol. The van der Waals surface area contributed by atoms with Crippen molar-refractivity contribution in [3.63, 3.8) is 0 Å². The predicted molar refractivity (Wildman–Crippen MR) is 137 cm³/mol. The average Bonchev–Trinajstić information content (AvgIpc) is 3.19. The molecule has 3 rings (SSSR count). The summed E-state index contributed by atoms with van der Waals surface area (Å²) in [5.74, 6) is 3.31. The van der Waals surface area contributed by atoms with E-state index in [-0.39, 0.29) is 24.0 Å². The van der Waals surface area contributed by atoms with Crippen LogP contribution in [0.25, 0.3) is 0 Å². The minimum absolute atomic E-state index is 0. The number of hydrogen-bond donors (Lipinski definition) is 1. The van der Waals surface area contributed by atoms with Gasteiger partial charge in [0.2, 0.25) is 10.0 Å². The first-order valence-corrected chi connectivity index (χ1v) is 13.5. The first kappa shape index (κ1) is 25.7. The highest BCUT2D eigenvalue weighted by Gasteiger charge is 2.27. The lowest BCUT2D eigenvalue weighted by molar-refractivity contribution is 0.279. The molecule has 0 spiro atoms. The summed E-state index contributed by atoms with van der Waals surface area (Å²) in [6.07, 6.45) is 4.30. The molecule has 2 heterocycles. The summed E-state index contributed by atoms with van der Waals surface area (Å²) in [5.41, 5.74) is 0. The molecule has 1 N–H and O–H groups in total. The molecule has 2 aliphatic heterocycles. The quantitative estimate of drug-likeness (QED) is 0.238. The number of hydrogen-bond acceptors (Lipinski definition) is 4. The number of halogens is 1. The van der Waals surface area contributed by atoms with Crippen molar-refractivity contribution < 1.29 is 8.42 Å². The highest BCUT2D eigenvalue weighted by atomic mass is 127. The van der Waals surface area contributed by atoms with Crippen LogP contribution in [0.4, 0.5) is 0 Å². The van der Waals surface area contributed by atoms with Crippen LogP contribution in [0.2, 0.25) is 0 Å². The zero-order chi connectivity index (χ0) is 20.7. The molecule has 2 fully saturated rings. The van der Waals surface area contributed by atoms with Gasteiger partial charge in [-0.05, 0) is 50.2 Å². The van der Waals surface area contributed by atoms with Crippen molar-refractivity contribution in [2.24, 2.45) is 16.8 Å². The van der Waals surface area contributed by atoms with Crippen LogP contribution in [0.5, 0.6) is 0 Å². The maximum atomic E-state index is 11.7. The van der Waals surface area contributed by atoms with Crippen molar-refractivity contribution >= 4 is 51.7 Å². The van der Waals surface area contributed by atoms with E-state index >= 15 is 0 Å². The smallest absolute Gasteiger partial charge is 0.211 e. The fourth-order valence-corrected chi connectivity index (χ4v) is 5.88. The van der Waals surface area contributed by atoms with Crippen LogP contribution in [-0.2, 0) is 10.0 Å². The largest absolute Gasteiger partial charge is 0.357 e. The van der Waals surface area contributed by atoms with Gasteiger partial charge in [0.1, 0.15) is 0 Å². The Balaban J connectivity index is 0.00000320. The van der Waals surface area contributed by atoms with Gasteiger partial charge in [-0.1, -0.05) is 18.2 Å². The van der Waals surface area contributed by atoms with Crippen molar-refractivity contribution in [2.75, 3.05) is 51.3 Å². The number of nitrogens with one attached hydrogen (secondary N) is 1. The summed E-state index contributed by atoms with van der Waals surface area (Å²) in [7, 11) is -3.06. The van der Waals surface area contributed by atoms with Gasteiger partial charge in [0.05, 0.1) is 6.26 Å². The second kappa shape index (κ2) is 12.5. The van der Waals surface area contributed by atoms with E-state index in [9.17, 15) is 8.42 Å². The molecular formula is C21H35IN4O2S2. The normalized spacial score (nSPS) is 21.5. The fraction of sp³-hybridized carbons (Fsp3) is 0.667. The third-order valence-electron chi connectivity index (χ3n) is 5.69. The first-order valence-electron chi connectivity index (χ1n) is 10.6. The van der Waals surface area contributed by atoms with E-state index in [1.54, 1.807) is 4.31 Å². The Hall–Kier alpha value is -0.520. The van der Waals surface area contributed by atoms with Gasteiger partial charge in [-0.25, -0.2) is 12.7 Å². The average molecular weight is 567 g/mol.